The molecule has 0 saturated carbocycles. The summed E-state index contributed by atoms with van der Waals surface area (Å²) >= 11 is 0. The summed E-state index contributed by atoms with van der Waals surface area (Å²) in [6, 6.07) is 3.30. The molecule has 7 nitrogen and oxygen atoms in total. The van der Waals surface area contributed by atoms with Crippen molar-refractivity contribution in [1.29, 1.82) is 0 Å². The van der Waals surface area contributed by atoms with Crippen LogP contribution in [0.3, 0.4) is 0 Å². The van der Waals surface area contributed by atoms with Crippen molar-refractivity contribution in [3.63, 3.8) is 0 Å². The SMILES string of the molecule is Nc1cc(OC(F)(F)F)ccc1C(=O)N1CCC(c2c(F)cnc3[nH]c4c(c23)CC2(CCOC2)C4)CC1. The molecule has 2 aromatic heterocycles. The fourth-order valence-corrected chi connectivity index (χ4v) is 6.23. The van der Waals surface area contributed by atoms with Gasteiger partial charge in [0, 0.05) is 53.5 Å². The third kappa shape index (κ3) is 4.28. The normalized spacial score (nSPS) is 22.2. The van der Waals surface area contributed by atoms with Crippen LogP contribution in [-0.4, -0.2) is 53.4 Å². The molecule has 3 aliphatic rings. The second kappa shape index (κ2) is 8.61. The maximum Gasteiger partial charge on any atom is 0.573 e. The lowest BCUT2D eigenvalue weighted by Gasteiger charge is -2.33. The van der Waals surface area contributed by atoms with Gasteiger partial charge in [0.05, 0.1) is 18.4 Å². The van der Waals surface area contributed by atoms with Gasteiger partial charge in [-0.05, 0) is 55.7 Å². The molecule has 2 fully saturated rings. The van der Waals surface area contributed by atoms with Gasteiger partial charge in [-0.2, -0.15) is 0 Å². The molecule has 0 radical (unpaired) electrons. The maximum absolute atomic E-state index is 15.3. The molecule has 2 saturated heterocycles. The van der Waals surface area contributed by atoms with Gasteiger partial charge in [0.25, 0.3) is 5.91 Å². The Morgan fingerprint density at radius 3 is 2.70 bits per heavy atom. The summed E-state index contributed by atoms with van der Waals surface area (Å²) in [5.74, 6) is -1.29. The summed E-state index contributed by atoms with van der Waals surface area (Å²) < 4.78 is 62.2. The van der Waals surface area contributed by atoms with Crippen LogP contribution >= 0.6 is 0 Å². The number of nitrogens with zero attached hydrogens (tertiary/aromatic N) is 2. The first-order valence-electron chi connectivity index (χ1n) is 12.3. The Hall–Kier alpha value is -3.34. The highest BCUT2D eigenvalue weighted by molar-refractivity contribution is 5.99. The topological polar surface area (TPSA) is 93.5 Å². The van der Waals surface area contributed by atoms with Crippen molar-refractivity contribution < 1.29 is 31.8 Å². The Morgan fingerprint density at radius 2 is 2.03 bits per heavy atom. The van der Waals surface area contributed by atoms with Crippen molar-refractivity contribution in [2.45, 2.75) is 44.4 Å². The number of fused-ring (bicyclic) bond motifs is 3. The number of ether oxygens (including phenoxy) is 2. The predicted octanol–water partition coefficient (Wildman–Crippen LogP) is 4.71. The van der Waals surface area contributed by atoms with Gasteiger partial charge in [0.15, 0.2) is 0 Å². The molecule has 1 atom stereocenters. The first kappa shape index (κ1) is 24.0. The number of aromatic nitrogens is 2. The zero-order valence-electron chi connectivity index (χ0n) is 20.0. The Kier molecular flexibility index (Phi) is 5.59. The van der Waals surface area contributed by atoms with E-state index in [1.165, 1.54) is 12.3 Å². The molecule has 6 rings (SSSR count). The van der Waals surface area contributed by atoms with Crippen LogP contribution in [0, 0.1) is 11.2 Å². The third-order valence-electron chi connectivity index (χ3n) is 7.97. The molecule has 1 unspecified atom stereocenters. The van der Waals surface area contributed by atoms with E-state index < -0.39 is 12.1 Å². The van der Waals surface area contributed by atoms with Crippen LogP contribution in [0.5, 0.6) is 5.75 Å². The number of likely N-dealkylation sites (tertiary alicyclic amines) is 1. The van der Waals surface area contributed by atoms with E-state index in [9.17, 15) is 18.0 Å². The number of hydrogen-bond donors (Lipinski definition) is 2. The molecule has 3 N–H and O–H groups in total. The van der Waals surface area contributed by atoms with E-state index in [1.807, 2.05) is 0 Å². The van der Waals surface area contributed by atoms with Crippen molar-refractivity contribution >= 4 is 22.6 Å². The number of halogens is 4. The number of rotatable bonds is 3. The van der Waals surface area contributed by atoms with Crippen molar-refractivity contribution in [3.8, 4) is 5.75 Å². The summed E-state index contributed by atoms with van der Waals surface area (Å²) in [6.45, 7) is 2.20. The highest BCUT2D eigenvalue weighted by atomic mass is 19.4. The van der Waals surface area contributed by atoms with Crippen LogP contribution in [-0.2, 0) is 17.6 Å². The smallest absolute Gasteiger partial charge is 0.406 e. The van der Waals surface area contributed by atoms with E-state index in [0.29, 0.717) is 43.7 Å². The molecular weight excluding hydrogens is 492 g/mol. The van der Waals surface area contributed by atoms with Gasteiger partial charge in [-0.1, -0.05) is 0 Å². The lowest BCUT2D eigenvalue weighted by Crippen LogP contribution is -2.38. The summed E-state index contributed by atoms with van der Waals surface area (Å²) in [6.07, 6.45) is 0.212. The van der Waals surface area contributed by atoms with E-state index >= 15 is 4.39 Å². The summed E-state index contributed by atoms with van der Waals surface area (Å²) in [5, 5.41) is 0.869. The molecule has 0 bridgehead atoms. The number of alkyl halides is 3. The number of aromatic amines is 1. The lowest BCUT2D eigenvalue weighted by atomic mass is 9.83. The number of nitrogens with two attached hydrogens (primary N) is 1. The first-order chi connectivity index (χ1) is 17.6. The van der Waals surface area contributed by atoms with E-state index in [2.05, 4.69) is 14.7 Å². The fraction of sp³-hybridized carbons (Fsp3) is 0.462. The fourth-order valence-electron chi connectivity index (χ4n) is 6.23. The summed E-state index contributed by atoms with van der Waals surface area (Å²) in [7, 11) is 0. The van der Waals surface area contributed by atoms with Crippen LogP contribution in [0.25, 0.3) is 11.0 Å². The zero-order valence-corrected chi connectivity index (χ0v) is 20.0. The molecule has 1 spiro atoms. The second-order valence-electron chi connectivity index (χ2n) is 10.3. The van der Waals surface area contributed by atoms with Crippen LogP contribution in [0.2, 0.25) is 0 Å². The number of hydrogen-bond acceptors (Lipinski definition) is 5. The highest BCUT2D eigenvalue weighted by Crippen LogP contribution is 2.47. The van der Waals surface area contributed by atoms with Gasteiger partial charge < -0.3 is 25.1 Å². The van der Waals surface area contributed by atoms with Gasteiger partial charge in [-0.25, -0.2) is 9.37 Å². The van der Waals surface area contributed by atoms with Crippen molar-refractivity contribution in [3.05, 3.63) is 52.6 Å². The Morgan fingerprint density at radius 1 is 1.24 bits per heavy atom. The largest absolute Gasteiger partial charge is 0.573 e. The number of amides is 1. The molecule has 4 heterocycles. The predicted molar refractivity (Wildman–Crippen MR) is 127 cm³/mol. The summed E-state index contributed by atoms with van der Waals surface area (Å²) in [5.41, 5.74) is 9.56. The monoisotopic (exact) mass is 518 g/mol. The molecule has 3 aromatic rings. The zero-order chi connectivity index (χ0) is 25.9. The van der Waals surface area contributed by atoms with Crippen LogP contribution in [0.15, 0.2) is 24.4 Å². The molecular formula is C26H26F4N4O3. The lowest BCUT2D eigenvalue weighted by molar-refractivity contribution is -0.274. The molecule has 1 aromatic carbocycles. The van der Waals surface area contributed by atoms with Gasteiger partial charge in [0.2, 0.25) is 0 Å². The molecule has 37 heavy (non-hydrogen) atoms. The quantitative estimate of drug-likeness (QED) is 0.387. The van der Waals surface area contributed by atoms with Crippen molar-refractivity contribution in [2.75, 3.05) is 32.0 Å². The molecule has 2 aliphatic heterocycles. The van der Waals surface area contributed by atoms with Crippen LogP contribution < -0.4 is 10.5 Å². The van der Waals surface area contributed by atoms with Crippen molar-refractivity contribution in [2.24, 2.45) is 5.41 Å². The molecule has 1 aliphatic carbocycles. The number of piperidine rings is 1. The van der Waals surface area contributed by atoms with Gasteiger partial charge in [-0.3, -0.25) is 4.79 Å². The van der Waals surface area contributed by atoms with Gasteiger partial charge >= 0.3 is 6.36 Å². The van der Waals surface area contributed by atoms with E-state index in [1.54, 1.807) is 4.90 Å². The Labute approximate surface area is 209 Å². The second-order valence-corrected chi connectivity index (χ2v) is 10.3. The van der Waals surface area contributed by atoms with E-state index in [4.69, 9.17) is 10.5 Å². The molecule has 196 valence electrons. The number of H-pyrrole nitrogens is 1. The number of anilines is 1. The van der Waals surface area contributed by atoms with Gasteiger partial charge in [0.1, 0.15) is 17.2 Å². The van der Waals surface area contributed by atoms with Crippen molar-refractivity contribution in [1.82, 2.24) is 14.9 Å². The number of carbonyl (C=O) groups is 1. The first-order valence-corrected chi connectivity index (χ1v) is 12.3. The maximum atomic E-state index is 15.3. The minimum absolute atomic E-state index is 0.0787. The standard InChI is InChI=1S/C26H26F4N4O3/c27-18-12-32-23-22(17-10-25(5-8-36-13-25)11-20(17)33-23)21(18)14-3-6-34(7-4-14)24(35)16-2-1-15(9-19(16)31)37-26(28,29)30/h1-2,9,12,14H,3-8,10-11,13,31H2,(H,32,33). The Bertz CT molecular complexity index is 1370. The van der Waals surface area contributed by atoms with E-state index in [0.717, 1.165) is 54.6 Å². The third-order valence-corrected chi connectivity index (χ3v) is 7.97. The summed E-state index contributed by atoms with van der Waals surface area (Å²) in [4.78, 5) is 22.4. The Balaban J connectivity index is 1.21. The highest BCUT2D eigenvalue weighted by Gasteiger charge is 2.43. The van der Waals surface area contributed by atoms with Gasteiger partial charge in [-0.15, -0.1) is 13.2 Å². The minimum atomic E-state index is -4.85. The minimum Gasteiger partial charge on any atom is -0.406 e. The molecule has 1 amide bonds. The number of pyridine rings is 1. The number of benzene rings is 1. The number of nitrogen functional groups attached to an aromatic ring is 1. The van der Waals surface area contributed by atoms with Crippen LogP contribution in [0.1, 0.15) is 52.4 Å². The number of carbonyl (C=O) groups excluding carboxylic acids is 1. The average Bonchev–Trinajstić information content (AvgIpc) is 3.53. The number of nitrogens with one attached hydrogen (secondary N) is 1. The van der Waals surface area contributed by atoms with E-state index in [-0.39, 0.29) is 34.3 Å². The average molecular weight is 519 g/mol. The van der Waals surface area contributed by atoms with Crippen LogP contribution in [0.4, 0.5) is 23.2 Å². The molecule has 11 heteroatoms.